The van der Waals surface area contributed by atoms with Gasteiger partial charge >= 0.3 is 0 Å². The summed E-state index contributed by atoms with van der Waals surface area (Å²) in [5.74, 6) is -0.0275. The van der Waals surface area contributed by atoms with Crippen molar-refractivity contribution in [1.82, 2.24) is 4.98 Å². The lowest BCUT2D eigenvalue weighted by Gasteiger charge is -2.05. The highest BCUT2D eigenvalue weighted by molar-refractivity contribution is 7.21. The number of hydrogen-bond donors (Lipinski definition) is 1. The van der Waals surface area contributed by atoms with E-state index in [1.807, 2.05) is 42.5 Å². The minimum absolute atomic E-state index is 0.0275. The summed E-state index contributed by atoms with van der Waals surface area (Å²) in [4.78, 5) is 19.5. The van der Waals surface area contributed by atoms with E-state index in [0.717, 1.165) is 34.2 Å². The number of carbonyl (C=O) groups excluding carboxylic acids is 1. The number of carbonyl (C=O) groups is 1. The molecule has 0 spiro atoms. The Labute approximate surface area is 174 Å². The highest BCUT2D eigenvalue weighted by Gasteiger charge is 2.21. The van der Waals surface area contributed by atoms with Crippen LogP contribution in [0.1, 0.15) is 45.8 Å². The summed E-state index contributed by atoms with van der Waals surface area (Å²) in [6, 6.07) is 20.1. The van der Waals surface area contributed by atoms with Crippen molar-refractivity contribution in [2.75, 3.05) is 5.73 Å². The second kappa shape index (κ2) is 7.45. The molecule has 2 heterocycles. The number of fused-ring (bicyclic) bond motifs is 2. The lowest BCUT2D eigenvalue weighted by atomic mass is 10.0. The first-order valence-electron chi connectivity index (χ1n) is 10.1. The van der Waals surface area contributed by atoms with E-state index in [9.17, 15) is 4.79 Å². The highest BCUT2D eigenvalue weighted by Crippen LogP contribution is 2.36. The van der Waals surface area contributed by atoms with Crippen LogP contribution in [0.4, 0.5) is 5.69 Å². The monoisotopic (exact) mass is 398 g/mol. The van der Waals surface area contributed by atoms with Crippen LogP contribution < -0.4 is 5.73 Å². The number of rotatable bonds is 3. The second-order valence-electron chi connectivity index (χ2n) is 7.62. The number of aryl methyl sites for hydroxylation is 2. The summed E-state index contributed by atoms with van der Waals surface area (Å²) in [6.07, 6.45) is 5.71. The second-order valence-corrected chi connectivity index (χ2v) is 8.62. The molecule has 0 radical (unpaired) electrons. The van der Waals surface area contributed by atoms with Crippen molar-refractivity contribution in [3.8, 4) is 11.1 Å². The quantitative estimate of drug-likeness (QED) is 0.338. The van der Waals surface area contributed by atoms with Crippen LogP contribution in [0.3, 0.4) is 0 Å². The SMILES string of the molecule is Nc1c(C(=O)c2ccc(-c3ccccc3)cc2)sc2nc3c(cc12)CCCCC3. The zero-order chi connectivity index (χ0) is 19.8. The van der Waals surface area contributed by atoms with E-state index in [4.69, 9.17) is 10.7 Å². The normalized spacial score (nSPS) is 13.8. The predicted molar refractivity (Wildman–Crippen MR) is 121 cm³/mol. The Morgan fingerprint density at radius 2 is 1.62 bits per heavy atom. The topological polar surface area (TPSA) is 56.0 Å². The van der Waals surface area contributed by atoms with Crippen LogP contribution in [0.2, 0.25) is 0 Å². The molecule has 4 aromatic rings. The summed E-state index contributed by atoms with van der Waals surface area (Å²) in [6.45, 7) is 0. The molecule has 2 aromatic carbocycles. The number of nitrogen functional groups attached to an aromatic ring is 1. The standard InChI is InChI=1S/C25H22N2OS/c26-22-20-15-19-9-5-2-6-10-21(19)27-25(20)29-24(22)23(28)18-13-11-17(12-14-18)16-7-3-1-4-8-16/h1,3-4,7-8,11-15H,2,5-6,9-10,26H2. The number of nitrogens with two attached hydrogens (primary N) is 1. The van der Waals surface area contributed by atoms with Crippen LogP contribution in [0.25, 0.3) is 21.3 Å². The molecule has 0 atom stereocenters. The van der Waals surface area contributed by atoms with E-state index >= 15 is 0 Å². The van der Waals surface area contributed by atoms with Crippen molar-refractivity contribution in [2.24, 2.45) is 0 Å². The minimum Gasteiger partial charge on any atom is -0.397 e. The van der Waals surface area contributed by atoms with Crippen molar-refractivity contribution in [3.63, 3.8) is 0 Å². The van der Waals surface area contributed by atoms with Crippen LogP contribution in [-0.4, -0.2) is 10.8 Å². The summed E-state index contributed by atoms with van der Waals surface area (Å²) in [5.41, 5.74) is 12.4. The van der Waals surface area contributed by atoms with Crippen molar-refractivity contribution in [2.45, 2.75) is 32.1 Å². The van der Waals surface area contributed by atoms with Gasteiger partial charge in [-0.1, -0.05) is 61.0 Å². The van der Waals surface area contributed by atoms with E-state index in [1.165, 1.54) is 41.9 Å². The fourth-order valence-electron chi connectivity index (χ4n) is 4.08. The third kappa shape index (κ3) is 3.34. The summed E-state index contributed by atoms with van der Waals surface area (Å²) in [5, 5.41) is 0.930. The van der Waals surface area contributed by atoms with Gasteiger partial charge in [-0.15, -0.1) is 11.3 Å². The number of ketones is 1. The van der Waals surface area contributed by atoms with Crippen LogP contribution in [0.15, 0.2) is 60.7 Å². The predicted octanol–water partition coefficient (Wildman–Crippen LogP) is 6.05. The average molecular weight is 399 g/mol. The van der Waals surface area contributed by atoms with Crippen molar-refractivity contribution in [1.29, 1.82) is 0 Å². The van der Waals surface area contributed by atoms with Crippen LogP contribution >= 0.6 is 11.3 Å². The summed E-state index contributed by atoms with van der Waals surface area (Å²) in [7, 11) is 0. The molecule has 4 heteroatoms. The maximum absolute atomic E-state index is 13.2. The Morgan fingerprint density at radius 1 is 0.897 bits per heavy atom. The molecular weight excluding hydrogens is 376 g/mol. The van der Waals surface area contributed by atoms with Gasteiger partial charge in [-0.3, -0.25) is 4.79 Å². The lowest BCUT2D eigenvalue weighted by molar-refractivity contribution is 0.104. The molecule has 144 valence electrons. The molecule has 0 saturated carbocycles. The molecule has 0 aliphatic heterocycles. The summed E-state index contributed by atoms with van der Waals surface area (Å²) < 4.78 is 0. The zero-order valence-electron chi connectivity index (χ0n) is 16.2. The first-order valence-corrected chi connectivity index (χ1v) is 10.9. The van der Waals surface area contributed by atoms with Crippen LogP contribution in [0.5, 0.6) is 0 Å². The van der Waals surface area contributed by atoms with Gasteiger partial charge in [0.25, 0.3) is 0 Å². The number of benzene rings is 2. The fourth-order valence-corrected chi connectivity index (χ4v) is 5.14. The van der Waals surface area contributed by atoms with Crippen LogP contribution in [-0.2, 0) is 12.8 Å². The molecule has 5 rings (SSSR count). The van der Waals surface area contributed by atoms with Gasteiger partial charge in [0.1, 0.15) is 9.71 Å². The molecule has 0 amide bonds. The van der Waals surface area contributed by atoms with Gasteiger partial charge in [0.2, 0.25) is 5.78 Å². The Hall–Kier alpha value is -2.98. The highest BCUT2D eigenvalue weighted by atomic mass is 32.1. The number of nitrogens with zero attached hydrogens (tertiary/aromatic N) is 1. The molecule has 0 unspecified atom stereocenters. The first-order chi connectivity index (χ1) is 14.2. The largest absolute Gasteiger partial charge is 0.397 e. The number of pyridine rings is 1. The average Bonchev–Trinajstić information content (AvgIpc) is 2.93. The van der Waals surface area contributed by atoms with Gasteiger partial charge in [-0.05, 0) is 48.4 Å². The molecule has 2 aromatic heterocycles. The fraction of sp³-hybridized carbons (Fsp3) is 0.200. The molecule has 2 N–H and O–H groups in total. The van der Waals surface area contributed by atoms with Crippen molar-refractivity contribution in [3.05, 3.63) is 82.4 Å². The lowest BCUT2D eigenvalue weighted by Crippen LogP contribution is -2.02. The number of aromatic nitrogens is 1. The third-order valence-corrected chi connectivity index (χ3v) is 6.82. The Kier molecular flexibility index (Phi) is 4.64. The van der Waals surface area contributed by atoms with E-state index in [-0.39, 0.29) is 5.78 Å². The Morgan fingerprint density at radius 3 is 2.41 bits per heavy atom. The van der Waals surface area contributed by atoms with Crippen LogP contribution in [0, 0.1) is 0 Å². The van der Waals surface area contributed by atoms with Crippen molar-refractivity contribution < 1.29 is 4.79 Å². The van der Waals surface area contributed by atoms with Gasteiger partial charge in [0.05, 0.1) is 5.69 Å². The molecule has 0 saturated heterocycles. The molecular formula is C25H22N2OS. The van der Waals surface area contributed by atoms with Gasteiger partial charge in [0, 0.05) is 16.6 Å². The Bertz CT molecular complexity index is 1190. The number of hydrogen-bond acceptors (Lipinski definition) is 4. The maximum Gasteiger partial charge on any atom is 0.205 e. The van der Waals surface area contributed by atoms with E-state index in [1.54, 1.807) is 0 Å². The van der Waals surface area contributed by atoms with Gasteiger partial charge in [-0.2, -0.15) is 0 Å². The molecule has 3 nitrogen and oxygen atoms in total. The molecule has 0 fully saturated rings. The van der Waals surface area contributed by atoms with E-state index in [2.05, 4.69) is 18.2 Å². The Balaban J connectivity index is 1.50. The molecule has 1 aliphatic carbocycles. The van der Waals surface area contributed by atoms with Gasteiger partial charge in [0.15, 0.2) is 0 Å². The van der Waals surface area contributed by atoms with Gasteiger partial charge in [-0.25, -0.2) is 4.98 Å². The summed E-state index contributed by atoms with van der Waals surface area (Å²) >= 11 is 1.42. The first kappa shape index (κ1) is 18.1. The number of anilines is 1. The van der Waals surface area contributed by atoms with Gasteiger partial charge < -0.3 is 5.73 Å². The molecule has 29 heavy (non-hydrogen) atoms. The minimum atomic E-state index is -0.0275. The van der Waals surface area contributed by atoms with E-state index in [0.29, 0.717) is 16.1 Å². The van der Waals surface area contributed by atoms with Crippen molar-refractivity contribution >= 4 is 33.0 Å². The number of thiophene rings is 1. The smallest absolute Gasteiger partial charge is 0.205 e. The molecule has 0 bridgehead atoms. The van der Waals surface area contributed by atoms with E-state index < -0.39 is 0 Å². The molecule has 1 aliphatic rings. The zero-order valence-corrected chi connectivity index (χ0v) is 17.0. The third-order valence-electron chi connectivity index (χ3n) is 5.71. The maximum atomic E-state index is 13.2.